The second-order valence-electron chi connectivity index (χ2n) is 4.90. The van der Waals surface area contributed by atoms with Crippen molar-refractivity contribution < 1.29 is 14.6 Å². The van der Waals surface area contributed by atoms with Crippen molar-refractivity contribution in [2.75, 3.05) is 6.54 Å². The van der Waals surface area contributed by atoms with Gasteiger partial charge in [-0.05, 0) is 37.5 Å². The molecule has 0 aromatic heterocycles. The molecule has 1 aromatic rings. The number of rotatable bonds is 8. The number of unbranched alkanes of at least 4 members (excludes halogenated alkanes) is 1. The molecule has 1 amide bonds. The molecule has 2 atom stereocenters. The first-order chi connectivity index (χ1) is 9.58. The van der Waals surface area contributed by atoms with Crippen LogP contribution >= 0.6 is 0 Å². The van der Waals surface area contributed by atoms with Gasteiger partial charge >= 0.3 is 0 Å². The van der Waals surface area contributed by atoms with E-state index < -0.39 is 12.2 Å². The first-order valence-corrected chi connectivity index (χ1v) is 7.30. The van der Waals surface area contributed by atoms with Gasteiger partial charge in [-0.3, -0.25) is 4.79 Å². The lowest BCUT2D eigenvalue weighted by atomic mass is 10.1. The van der Waals surface area contributed by atoms with Gasteiger partial charge in [0.2, 0.25) is 0 Å². The van der Waals surface area contributed by atoms with Gasteiger partial charge in [-0.1, -0.05) is 32.4 Å². The lowest BCUT2D eigenvalue weighted by Crippen LogP contribution is -2.36. The van der Waals surface area contributed by atoms with Crippen LogP contribution < -0.4 is 10.1 Å². The highest BCUT2D eigenvalue weighted by Gasteiger charge is 2.14. The highest BCUT2D eigenvalue weighted by molar-refractivity contribution is 5.80. The van der Waals surface area contributed by atoms with Crippen molar-refractivity contribution in [3.8, 4) is 5.75 Å². The maximum atomic E-state index is 11.8. The molecule has 0 aliphatic rings. The molecule has 0 aliphatic carbocycles. The third-order valence-electron chi connectivity index (χ3n) is 3.16. The minimum atomic E-state index is -0.520. The summed E-state index contributed by atoms with van der Waals surface area (Å²) >= 11 is 0. The van der Waals surface area contributed by atoms with Crippen molar-refractivity contribution in [3.05, 3.63) is 29.8 Å². The number of carbonyl (C=O) groups is 1. The summed E-state index contributed by atoms with van der Waals surface area (Å²) in [5.74, 6) is 0.534. The molecule has 1 unspecified atom stereocenters. The molecule has 0 aliphatic heterocycles. The van der Waals surface area contributed by atoms with Gasteiger partial charge in [0.1, 0.15) is 5.75 Å². The molecule has 0 saturated carbocycles. The second-order valence-corrected chi connectivity index (χ2v) is 4.90. The molecule has 4 heteroatoms. The fraction of sp³-hybridized carbons (Fsp3) is 0.562. The highest BCUT2D eigenvalue weighted by Crippen LogP contribution is 2.20. The quantitative estimate of drug-likeness (QED) is 0.719. The Morgan fingerprint density at radius 2 is 1.95 bits per heavy atom. The van der Waals surface area contributed by atoms with E-state index in [1.54, 1.807) is 19.1 Å². The van der Waals surface area contributed by atoms with Crippen LogP contribution in [0.25, 0.3) is 0 Å². The lowest BCUT2D eigenvalue weighted by Gasteiger charge is -2.15. The zero-order valence-electron chi connectivity index (χ0n) is 12.6. The van der Waals surface area contributed by atoms with Gasteiger partial charge in [-0.25, -0.2) is 0 Å². The molecular formula is C16H25NO3. The van der Waals surface area contributed by atoms with Crippen LogP contribution in [0.2, 0.25) is 0 Å². The van der Waals surface area contributed by atoms with Crippen molar-refractivity contribution in [1.29, 1.82) is 0 Å². The molecule has 4 nitrogen and oxygen atoms in total. The average Bonchev–Trinajstić information content (AvgIpc) is 2.47. The zero-order chi connectivity index (χ0) is 15.0. The molecular weight excluding hydrogens is 254 g/mol. The van der Waals surface area contributed by atoms with E-state index >= 15 is 0 Å². The summed E-state index contributed by atoms with van der Waals surface area (Å²) in [5.41, 5.74) is 0.861. The summed E-state index contributed by atoms with van der Waals surface area (Å²) in [5, 5.41) is 12.5. The third-order valence-corrected chi connectivity index (χ3v) is 3.16. The zero-order valence-corrected chi connectivity index (χ0v) is 12.6. The van der Waals surface area contributed by atoms with Crippen LogP contribution in [0, 0.1) is 0 Å². The number of hydrogen-bond donors (Lipinski definition) is 2. The van der Waals surface area contributed by atoms with E-state index in [9.17, 15) is 9.90 Å². The number of aliphatic hydroxyl groups excluding tert-OH is 1. The first kappa shape index (κ1) is 16.5. The number of benzene rings is 1. The smallest absolute Gasteiger partial charge is 0.260 e. The minimum Gasteiger partial charge on any atom is -0.481 e. The van der Waals surface area contributed by atoms with E-state index in [1.165, 1.54) is 0 Å². The number of aliphatic hydroxyl groups is 1. The first-order valence-electron chi connectivity index (χ1n) is 7.30. The number of ether oxygens (including phenoxy) is 1. The van der Waals surface area contributed by atoms with E-state index in [2.05, 4.69) is 12.2 Å². The maximum absolute atomic E-state index is 11.8. The molecule has 0 heterocycles. The molecule has 1 aromatic carbocycles. The van der Waals surface area contributed by atoms with Crippen molar-refractivity contribution >= 4 is 5.91 Å². The normalized spacial score (nSPS) is 13.6. The van der Waals surface area contributed by atoms with Crippen molar-refractivity contribution in [2.45, 2.75) is 52.2 Å². The summed E-state index contributed by atoms with van der Waals surface area (Å²) in [6, 6.07) is 7.21. The van der Waals surface area contributed by atoms with Crippen LogP contribution in [0.5, 0.6) is 5.75 Å². The Morgan fingerprint density at radius 3 is 2.50 bits per heavy atom. The molecule has 0 saturated heterocycles. The Labute approximate surface area is 121 Å². The standard InChI is InChI=1S/C16H25NO3/c1-4-6-11-17-16(19)12(3)20-14-9-7-13(8-10-14)15(18)5-2/h7-10,12,15,18H,4-6,11H2,1-3H3,(H,17,19)/t12?,15-/m1/s1. The predicted octanol–water partition coefficient (Wildman–Crippen LogP) is 2.81. The number of carbonyl (C=O) groups excluding carboxylic acids is 1. The summed E-state index contributed by atoms with van der Waals surface area (Å²) in [6.45, 7) is 6.43. The number of hydrogen-bond acceptors (Lipinski definition) is 3. The van der Waals surface area contributed by atoms with E-state index in [4.69, 9.17) is 4.74 Å². The Morgan fingerprint density at radius 1 is 1.30 bits per heavy atom. The second kappa shape index (κ2) is 8.59. The van der Waals surface area contributed by atoms with Crippen molar-refractivity contribution in [2.24, 2.45) is 0 Å². The molecule has 0 radical (unpaired) electrons. The van der Waals surface area contributed by atoms with Crippen LogP contribution in [0.4, 0.5) is 0 Å². The Bertz CT molecular complexity index is 403. The fourth-order valence-electron chi connectivity index (χ4n) is 1.79. The van der Waals surface area contributed by atoms with Crippen LogP contribution in [-0.4, -0.2) is 23.7 Å². The summed E-state index contributed by atoms with van der Waals surface area (Å²) in [4.78, 5) is 11.8. The maximum Gasteiger partial charge on any atom is 0.260 e. The number of amides is 1. The molecule has 1 rings (SSSR count). The van der Waals surface area contributed by atoms with Gasteiger partial charge in [-0.2, -0.15) is 0 Å². The van der Waals surface area contributed by atoms with Gasteiger partial charge < -0.3 is 15.2 Å². The van der Waals surface area contributed by atoms with Gasteiger partial charge in [0.15, 0.2) is 6.10 Å². The van der Waals surface area contributed by atoms with Gasteiger partial charge in [0, 0.05) is 6.54 Å². The largest absolute Gasteiger partial charge is 0.481 e. The van der Waals surface area contributed by atoms with E-state index in [0.29, 0.717) is 18.7 Å². The Hall–Kier alpha value is -1.55. The van der Waals surface area contributed by atoms with Crippen LogP contribution in [0.1, 0.15) is 51.7 Å². The molecule has 0 spiro atoms. The van der Waals surface area contributed by atoms with Crippen LogP contribution in [0.3, 0.4) is 0 Å². The molecule has 0 bridgehead atoms. The summed E-state index contributed by atoms with van der Waals surface area (Å²) in [7, 11) is 0. The number of nitrogens with one attached hydrogen (secondary N) is 1. The SMILES string of the molecule is CCCCNC(=O)C(C)Oc1ccc([C@H](O)CC)cc1. The van der Waals surface area contributed by atoms with E-state index in [0.717, 1.165) is 18.4 Å². The molecule has 112 valence electrons. The summed E-state index contributed by atoms with van der Waals surface area (Å²) in [6.07, 6.45) is 1.74. The average molecular weight is 279 g/mol. The van der Waals surface area contributed by atoms with Crippen LogP contribution in [-0.2, 0) is 4.79 Å². The van der Waals surface area contributed by atoms with Crippen LogP contribution in [0.15, 0.2) is 24.3 Å². The fourth-order valence-corrected chi connectivity index (χ4v) is 1.79. The Kier molecular flexibility index (Phi) is 7.09. The topological polar surface area (TPSA) is 58.6 Å². The van der Waals surface area contributed by atoms with Crippen molar-refractivity contribution in [1.82, 2.24) is 5.32 Å². The monoisotopic (exact) mass is 279 g/mol. The molecule has 2 N–H and O–H groups in total. The highest BCUT2D eigenvalue weighted by atomic mass is 16.5. The molecule has 20 heavy (non-hydrogen) atoms. The molecule has 0 fully saturated rings. The van der Waals surface area contributed by atoms with Crippen molar-refractivity contribution in [3.63, 3.8) is 0 Å². The van der Waals surface area contributed by atoms with Gasteiger partial charge in [-0.15, -0.1) is 0 Å². The van der Waals surface area contributed by atoms with E-state index in [-0.39, 0.29) is 5.91 Å². The Balaban J connectivity index is 2.49. The lowest BCUT2D eigenvalue weighted by molar-refractivity contribution is -0.127. The van der Waals surface area contributed by atoms with Gasteiger partial charge in [0.25, 0.3) is 5.91 Å². The summed E-state index contributed by atoms with van der Waals surface area (Å²) < 4.78 is 5.58. The van der Waals surface area contributed by atoms with E-state index in [1.807, 2.05) is 19.1 Å². The predicted molar refractivity (Wildman–Crippen MR) is 79.7 cm³/mol. The van der Waals surface area contributed by atoms with Gasteiger partial charge in [0.05, 0.1) is 6.10 Å². The third kappa shape index (κ3) is 5.21. The minimum absolute atomic E-state index is 0.101.